The van der Waals surface area contributed by atoms with Gasteiger partial charge in [0, 0.05) is 16.0 Å². The molecule has 1 saturated carbocycles. The molecule has 4 rings (SSSR count). The van der Waals surface area contributed by atoms with Crippen LogP contribution in [-0.4, -0.2) is 29.6 Å². The molecule has 0 aliphatic heterocycles. The second kappa shape index (κ2) is 10.7. The highest BCUT2D eigenvalue weighted by Gasteiger charge is 2.23. The molecule has 1 heterocycles. The lowest BCUT2D eigenvalue weighted by Crippen LogP contribution is -2.25. The van der Waals surface area contributed by atoms with Crippen LogP contribution in [0.25, 0.3) is 10.9 Å². The highest BCUT2D eigenvalue weighted by atomic mass is 79.9. The molecular formula is C25H25Br2N3O3. The number of hydrogen-bond donors (Lipinski definition) is 0. The summed E-state index contributed by atoms with van der Waals surface area (Å²) in [4.78, 5) is 18.3. The number of benzene rings is 2. The minimum Gasteiger partial charge on any atom is -0.493 e. The minimum atomic E-state index is -0.162. The number of para-hydroxylation sites is 1. The zero-order chi connectivity index (χ0) is 23.4. The largest absolute Gasteiger partial charge is 0.493 e. The number of rotatable bonds is 7. The van der Waals surface area contributed by atoms with Crippen molar-refractivity contribution in [3.05, 3.63) is 73.7 Å². The van der Waals surface area contributed by atoms with E-state index >= 15 is 0 Å². The number of fused-ring (bicyclic) bond motifs is 1. The topological polar surface area (TPSA) is 65.7 Å². The summed E-state index contributed by atoms with van der Waals surface area (Å²) in [6.07, 6.45) is 8.84. The van der Waals surface area contributed by atoms with Gasteiger partial charge in [-0.1, -0.05) is 44.1 Å². The van der Waals surface area contributed by atoms with Crippen molar-refractivity contribution >= 4 is 49.0 Å². The van der Waals surface area contributed by atoms with Crippen molar-refractivity contribution in [1.29, 1.82) is 0 Å². The predicted octanol–water partition coefficient (Wildman–Crippen LogP) is 6.42. The maximum atomic E-state index is 13.4. The lowest BCUT2D eigenvalue weighted by molar-refractivity contribution is 0.324. The molecule has 1 aromatic heterocycles. The lowest BCUT2D eigenvalue weighted by Gasteiger charge is -2.22. The minimum absolute atomic E-state index is 0.162. The molecule has 0 bridgehead atoms. The summed E-state index contributed by atoms with van der Waals surface area (Å²) in [6.45, 7) is 4.03. The van der Waals surface area contributed by atoms with Gasteiger partial charge in [0.05, 0.1) is 28.7 Å². The number of halogens is 2. The molecule has 0 spiro atoms. The first kappa shape index (κ1) is 23.7. The van der Waals surface area contributed by atoms with E-state index < -0.39 is 0 Å². The Morgan fingerprint density at radius 2 is 1.97 bits per heavy atom. The standard InChI is InChI=1S/C25H25Br2N3O3/c1-3-13-33-23-20(32-2)14-17(21(26)22(23)27)15-28-30-24(16-9-5-4-6-10-16)29-19-12-8-7-11-18(19)25(30)31/h3,7-8,11-12,14-16H,1,4-6,9-10,13H2,2H3. The number of ether oxygens (including phenoxy) is 2. The molecule has 1 aliphatic rings. The van der Waals surface area contributed by atoms with E-state index in [2.05, 4.69) is 43.5 Å². The number of hydrogen-bond acceptors (Lipinski definition) is 5. The van der Waals surface area contributed by atoms with Crippen molar-refractivity contribution in [1.82, 2.24) is 9.66 Å². The molecule has 0 amide bonds. The summed E-state index contributed by atoms with van der Waals surface area (Å²) in [7, 11) is 1.58. The molecule has 0 radical (unpaired) electrons. The number of aromatic nitrogens is 2. The molecule has 0 unspecified atom stereocenters. The molecule has 0 atom stereocenters. The normalized spacial score (nSPS) is 14.6. The first-order chi connectivity index (χ1) is 16.0. The highest BCUT2D eigenvalue weighted by molar-refractivity contribution is 9.13. The van der Waals surface area contributed by atoms with Crippen molar-refractivity contribution in [2.75, 3.05) is 13.7 Å². The molecule has 0 N–H and O–H groups in total. The third-order valence-electron chi connectivity index (χ3n) is 5.78. The van der Waals surface area contributed by atoms with Crippen LogP contribution in [0, 0.1) is 0 Å². The van der Waals surface area contributed by atoms with Crippen molar-refractivity contribution in [2.24, 2.45) is 5.10 Å². The first-order valence-electron chi connectivity index (χ1n) is 10.9. The van der Waals surface area contributed by atoms with Crippen LogP contribution in [0.1, 0.15) is 49.4 Å². The highest BCUT2D eigenvalue weighted by Crippen LogP contribution is 2.42. The fourth-order valence-corrected chi connectivity index (χ4v) is 5.06. The third-order valence-corrected chi connectivity index (χ3v) is 7.93. The number of methoxy groups -OCH3 is 1. The Morgan fingerprint density at radius 1 is 1.21 bits per heavy atom. The van der Waals surface area contributed by atoms with Gasteiger partial charge in [-0.05, 0) is 62.9 Å². The molecule has 2 aromatic carbocycles. The van der Waals surface area contributed by atoms with Crippen LogP contribution in [0.5, 0.6) is 11.5 Å². The van der Waals surface area contributed by atoms with Crippen LogP contribution in [-0.2, 0) is 0 Å². The SMILES string of the molecule is C=CCOc1c(OC)cc(C=Nn2c(C3CCCCC3)nc3ccccc3c2=O)c(Br)c1Br. The van der Waals surface area contributed by atoms with E-state index in [1.54, 1.807) is 25.5 Å². The van der Waals surface area contributed by atoms with Gasteiger partial charge in [0.25, 0.3) is 5.56 Å². The zero-order valence-corrected chi connectivity index (χ0v) is 21.6. The Kier molecular flexibility index (Phi) is 7.65. The van der Waals surface area contributed by atoms with Gasteiger partial charge in [0.1, 0.15) is 12.4 Å². The van der Waals surface area contributed by atoms with Crippen LogP contribution in [0.15, 0.2) is 61.8 Å². The van der Waals surface area contributed by atoms with E-state index in [0.29, 0.717) is 33.5 Å². The Bertz CT molecular complexity index is 1260. The first-order valence-corrected chi connectivity index (χ1v) is 12.5. The van der Waals surface area contributed by atoms with Crippen molar-refractivity contribution in [3.63, 3.8) is 0 Å². The smallest absolute Gasteiger partial charge is 0.282 e. The number of nitrogens with zero attached hydrogens (tertiary/aromatic N) is 3. The summed E-state index contributed by atoms with van der Waals surface area (Å²) in [5.41, 5.74) is 1.29. The lowest BCUT2D eigenvalue weighted by atomic mass is 9.88. The van der Waals surface area contributed by atoms with E-state index in [0.717, 1.165) is 41.5 Å². The van der Waals surface area contributed by atoms with Crippen LogP contribution >= 0.6 is 31.9 Å². The van der Waals surface area contributed by atoms with E-state index in [-0.39, 0.29) is 11.5 Å². The molecule has 172 valence electrons. The average molecular weight is 575 g/mol. The van der Waals surface area contributed by atoms with Crippen LogP contribution in [0.2, 0.25) is 0 Å². The molecule has 6 nitrogen and oxygen atoms in total. The van der Waals surface area contributed by atoms with E-state index in [1.807, 2.05) is 24.3 Å². The molecule has 1 aliphatic carbocycles. The van der Waals surface area contributed by atoms with Crippen molar-refractivity contribution in [2.45, 2.75) is 38.0 Å². The van der Waals surface area contributed by atoms with Crippen LogP contribution < -0.4 is 15.0 Å². The monoisotopic (exact) mass is 573 g/mol. The van der Waals surface area contributed by atoms with Gasteiger partial charge in [0.15, 0.2) is 11.5 Å². The van der Waals surface area contributed by atoms with Gasteiger partial charge in [-0.2, -0.15) is 9.78 Å². The molecule has 1 fully saturated rings. The molecule has 0 saturated heterocycles. The quantitative estimate of drug-likeness (QED) is 0.241. The van der Waals surface area contributed by atoms with Gasteiger partial charge >= 0.3 is 0 Å². The summed E-state index contributed by atoms with van der Waals surface area (Å²) >= 11 is 7.19. The van der Waals surface area contributed by atoms with Crippen LogP contribution in [0.4, 0.5) is 0 Å². The van der Waals surface area contributed by atoms with Crippen molar-refractivity contribution < 1.29 is 9.47 Å². The van der Waals surface area contributed by atoms with Gasteiger partial charge in [-0.3, -0.25) is 4.79 Å². The van der Waals surface area contributed by atoms with E-state index in [4.69, 9.17) is 14.5 Å². The maximum absolute atomic E-state index is 13.4. The molecule has 3 aromatic rings. The Hall–Kier alpha value is -2.45. The molecular weight excluding hydrogens is 550 g/mol. The molecule has 33 heavy (non-hydrogen) atoms. The molecule has 8 heteroatoms. The van der Waals surface area contributed by atoms with Crippen LogP contribution in [0.3, 0.4) is 0 Å². The average Bonchev–Trinajstić information content (AvgIpc) is 2.85. The van der Waals surface area contributed by atoms with Gasteiger partial charge < -0.3 is 9.47 Å². The Balaban J connectivity index is 1.82. The van der Waals surface area contributed by atoms with E-state index in [1.165, 1.54) is 11.1 Å². The van der Waals surface area contributed by atoms with Gasteiger partial charge in [-0.15, -0.1) is 0 Å². The summed E-state index contributed by atoms with van der Waals surface area (Å²) in [6, 6.07) is 9.25. The Labute approximate surface area is 209 Å². The summed E-state index contributed by atoms with van der Waals surface area (Å²) in [5, 5.41) is 5.18. The van der Waals surface area contributed by atoms with Gasteiger partial charge in [-0.25, -0.2) is 4.98 Å². The van der Waals surface area contributed by atoms with Gasteiger partial charge in [0.2, 0.25) is 0 Å². The Morgan fingerprint density at radius 3 is 2.70 bits per heavy atom. The maximum Gasteiger partial charge on any atom is 0.282 e. The zero-order valence-electron chi connectivity index (χ0n) is 18.4. The third kappa shape index (κ3) is 4.92. The van der Waals surface area contributed by atoms with Crippen molar-refractivity contribution in [3.8, 4) is 11.5 Å². The summed E-state index contributed by atoms with van der Waals surface area (Å²) in [5.74, 6) is 2.05. The fraction of sp³-hybridized carbons (Fsp3) is 0.320. The van der Waals surface area contributed by atoms with E-state index in [9.17, 15) is 4.79 Å². The predicted molar refractivity (Wildman–Crippen MR) is 139 cm³/mol. The second-order valence-corrected chi connectivity index (χ2v) is 9.49. The fourth-order valence-electron chi connectivity index (χ4n) is 4.12. The summed E-state index contributed by atoms with van der Waals surface area (Å²) < 4.78 is 14.2. The second-order valence-electron chi connectivity index (χ2n) is 7.91.